The first kappa shape index (κ1) is 17.9. The van der Waals surface area contributed by atoms with E-state index in [0.29, 0.717) is 19.1 Å². The zero-order valence-corrected chi connectivity index (χ0v) is 15.2. The largest absolute Gasteiger partial charge is 0.492 e. The monoisotopic (exact) mass is 355 g/mol. The lowest BCUT2D eigenvalue weighted by Crippen LogP contribution is -2.40. The smallest absolute Gasteiger partial charge is 0.231 e. The van der Waals surface area contributed by atoms with E-state index in [1.54, 1.807) is 7.05 Å². The van der Waals surface area contributed by atoms with E-state index in [1.165, 1.54) is 5.56 Å². The second-order valence-corrected chi connectivity index (χ2v) is 6.06. The van der Waals surface area contributed by atoms with Crippen LogP contribution in [0.4, 0.5) is 0 Å². The molecule has 0 saturated carbocycles. The zero-order valence-electron chi connectivity index (χ0n) is 15.2. The van der Waals surface area contributed by atoms with Crippen LogP contribution in [-0.4, -0.2) is 39.5 Å². The van der Waals surface area contributed by atoms with Crippen LogP contribution in [0.2, 0.25) is 0 Å². The number of nitrogens with zero attached hydrogens (tertiary/aromatic N) is 1. The van der Waals surface area contributed by atoms with E-state index in [4.69, 9.17) is 14.2 Å². The van der Waals surface area contributed by atoms with Crippen LogP contribution in [0.25, 0.3) is 0 Å². The van der Waals surface area contributed by atoms with Gasteiger partial charge in [0, 0.05) is 19.7 Å². The molecule has 26 heavy (non-hydrogen) atoms. The van der Waals surface area contributed by atoms with E-state index in [0.717, 1.165) is 29.8 Å². The molecular formula is C20H25N3O3. The highest BCUT2D eigenvalue weighted by molar-refractivity contribution is 5.79. The van der Waals surface area contributed by atoms with E-state index in [1.807, 2.05) is 24.3 Å². The highest BCUT2D eigenvalue weighted by atomic mass is 16.7. The molecule has 0 fully saturated rings. The Balaban J connectivity index is 1.38. The summed E-state index contributed by atoms with van der Waals surface area (Å²) in [5, 5.41) is 6.60. The van der Waals surface area contributed by atoms with Gasteiger partial charge < -0.3 is 24.8 Å². The highest BCUT2D eigenvalue weighted by Gasteiger charge is 2.13. The zero-order chi connectivity index (χ0) is 18.2. The van der Waals surface area contributed by atoms with Crippen molar-refractivity contribution in [3.05, 3.63) is 54.1 Å². The fourth-order valence-corrected chi connectivity index (χ4v) is 2.67. The minimum atomic E-state index is 0.268. The molecule has 3 rings (SSSR count). The van der Waals surface area contributed by atoms with Gasteiger partial charge in [-0.15, -0.1) is 0 Å². The Bertz CT molecular complexity index is 734. The van der Waals surface area contributed by atoms with Crippen molar-refractivity contribution in [1.82, 2.24) is 10.6 Å². The van der Waals surface area contributed by atoms with Crippen LogP contribution < -0.4 is 24.8 Å². The van der Waals surface area contributed by atoms with E-state index in [-0.39, 0.29) is 6.79 Å². The lowest BCUT2D eigenvalue weighted by molar-refractivity contribution is 0.173. The number of aliphatic imine (C=N–C) groups is 1. The van der Waals surface area contributed by atoms with Crippen LogP contribution in [0.15, 0.2) is 53.5 Å². The molecule has 2 aromatic carbocycles. The number of nitrogens with one attached hydrogen (secondary N) is 2. The van der Waals surface area contributed by atoms with Gasteiger partial charge in [-0.05, 0) is 23.6 Å². The molecule has 1 unspecified atom stereocenters. The standard InChI is InChI=1S/C20H25N3O3/c1-15(16-6-4-3-5-7-16)13-23-20(21-2)22-10-11-24-17-8-9-18-19(12-17)26-14-25-18/h3-9,12,15H,10-11,13-14H2,1-2H3,(H2,21,22,23). The molecule has 0 aromatic heterocycles. The minimum Gasteiger partial charge on any atom is -0.492 e. The first-order valence-corrected chi connectivity index (χ1v) is 8.78. The molecule has 6 heteroatoms. The molecule has 0 spiro atoms. The fraction of sp³-hybridized carbons (Fsp3) is 0.350. The van der Waals surface area contributed by atoms with Gasteiger partial charge in [-0.25, -0.2) is 0 Å². The van der Waals surface area contributed by atoms with Gasteiger partial charge in [0.25, 0.3) is 0 Å². The van der Waals surface area contributed by atoms with Crippen LogP contribution in [-0.2, 0) is 0 Å². The third-order valence-electron chi connectivity index (χ3n) is 4.18. The molecule has 1 heterocycles. The molecule has 0 saturated heterocycles. The predicted octanol–water partition coefficient (Wildman–Crippen LogP) is 2.76. The highest BCUT2D eigenvalue weighted by Crippen LogP contribution is 2.34. The first-order valence-electron chi connectivity index (χ1n) is 8.78. The number of benzene rings is 2. The van der Waals surface area contributed by atoms with Crippen molar-refractivity contribution in [2.45, 2.75) is 12.8 Å². The van der Waals surface area contributed by atoms with E-state index < -0.39 is 0 Å². The Hall–Kier alpha value is -2.89. The summed E-state index contributed by atoms with van der Waals surface area (Å²) >= 11 is 0. The van der Waals surface area contributed by atoms with Crippen LogP contribution in [0.5, 0.6) is 17.2 Å². The summed E-state index contributed by atoms with van der Waals surface area (Å²) in [7, 11) is 1.77. The number of guanidine groups is 1. The Morgan fingerprint density at radius 1 is 1.12 bits per heavy atom. The van der Waals surface area contributed by atoms with E-state index in [2.05, 4.69) is 46.8 Å². The summed E-state index contributed by atoms with van der Waals surface area (Å²) in [5.74, 6) is 3.41. The van der Waals surface area contributed by atoms with Crippen molar-refractivity contribution in [3.63, 3.8) is 0 Å². The maximum atomic E-state index is 5.74. The van der Waals surface area contributed by atoms with Crippen LogP contribution in [0.1, 0.15) is 18.4 Å². The summed E-state index contributed by atoms with van der Waals surface area (Å²) in [6.07, 6.45) is 0. The topological polar surface area (TPSA) is 64.1 Å². The second kappa shape index (κ2) is 8.99. The van der Waals surface area contributed by atoms with Gasteiger partial charge in [-0.1, -0.05) is 37.3 Å². The van der Waals surface area contributed by atoms with Crippen molar-refractivity contribution < 1.29 is 14.2 Å². The second-order valence-electron chi connectivity index (χ2n) is 6.06. The summed E-state index contributed by atoms with van der Waals surface area (Å²) in [5.41, 5.74) is 1.31. The van der Waals surface area contributed by atoms with Crippen molar-refractivity contribution in [3.8, 4) is 17.2 Å². The minimum absolute atomic E-state index is 0.268. The first-order chi connectivity index (χ1) is 12.8. The van der Waals surface area contributed by atoms with Crippen molar-refractivity contribution in [2.24, 2.45) is 4.99 Å². The molecule has 138 valence electrons. The fourth-order valence-electron chi connectivity index (χ4n) is 2.67. The van der Waals surface area contributed by atoms with Crippen molar-refractivity contribution in [2.75, 3.05) is 33.5 Å². The van der Waals surface area contributed by atoms with Crippen LogP contribution in [0.3, 0.4) is 0 Å². The molecule has 2 aromatic rings. The molecule has 0 amide bonds. The van der Waals surface area contributed by atoms with Gasteiger partial charge in [0.2, 0.25) is 6.79 Å². The summed E-state index contributed by atoms with van der Waals surface area (Å²) in [6.45, 7) is 4.44. The van der Waals surface area contributed by atoms with Gasteiger partial charge in [0.05, 0.1) is 6.54 Å². The molecule has 1 atom stereocenters. The Morgan fingerprint density at radius 2 is 1.92 bits per heavy atom. The average molecular weight is 355 g/mol. The number of hydrogen-bond acceptors (Lipinski definition) is 4. The van der Waals surface area contributed by atoms with Gasteiger partial charge in [0.1, 0.15) is 12.4 Å². The molecule has 6 nitrogen and oxygen atoms in total. The summed E-state index contributed by atoms with van der Waals surface area (Å²) < 4.78 is 16.4. The molecule has 2 N–H and O–H groups in total. The number of rotatable bonds is 7. The number of hydrogen-bond donors (Lipinski definition) is 2. The normalized spacial score (nSPS) is 14.0. The van der Waals surface area contributed by atoms with Crippen molar-refractivity contribution >= 4 is 5.96 Å². The maximum Gasteiger partial charge on any atom is 0.231 e. The molecule has 1 aliphatic heterocycles. The Kier molecular flexibility index (Phi) is 6.19. The van der Waals surface area contributed by atoms with Gasteiger partial charge >= 0.3 is 0 Å². The van der Waals surface area contributed by atoms with E-state index in [9.17, 15) is 0 Å². The quantitative estimate of drug-likeness (QED) is 0.454. The number of fused-ring (bicyclic) bond motifs is 1. The average Bonchev–Trinajstić information content (AvgIpc) is 3.15. The number of ether oxygens (including phenoxy) is 3. The molecule has 0 radical (unpaired) electrons. The third-order valence-corrected chi connectivity index (χ3v) is 4.18. The molecular weight excluding hydrogens is 330 g/mol. The van der Waals surface area contributed by atoms with Gasteiger partial charge in [0.15, 0.2) is 17.5 Å². The lowest BCUT2D eigenvalue weighted by atomic mass is 10.0. The molecule has 0 aliphatic carbocycles. The molecule has 1 aliphatic rings. The SMILES string of the molecule is CN=C(NCCOc1ccc2c(c1)OCO2)NCC(C)c1ccccc1. The van der Waals surface area contributed by atoms with Crippen LogP contribution >= 0.6 is 0 Å². The summed E-state index contributed by atoms with van der Waals surface area (Å²) in [6, 6.07) is 16.0. The predicted molar refractivity (Wildman–Crippen MR) is 102 cm³/mol. The summed E-state index contributed by atoms with van der Waals surface area (Å²) in [4.78, 5) is 4.25. The third kappa shape index (κ3) is 4.81. The Labute approximate surface area is 154 Å². The van der Waals surface area contributed by atoms with Crippen LogP contribution in [0, 0.1) is 0 Å². The van der Waals surface area contributed by atoms with E-state index >= 15 is 0 Å². The maximum absolute atomic E-state index is 5.74. The van der Waals surface area contributed by atoms with Gasteiger partial charge in [-0.2, -0.15) is 0 Å². The van der Waals surface area contributed by atoms with Crippen molar-refractivity contribution in [1.29, 1.82) is 0 Å². The molecule has 0 bridgehead atoms. The lowest BCUT2D eigenvalue weighted by Gasteiger charge is -2.16. The van der Waals surface area contributed by atoms with Gasteiger partial charge in [-0.3, -0.25) is 4.99 Å². The Morgan fingerprint density at radius 3 is 2.73 bits per heavy atom.